The molecule has 1 aliphatic rings. The zero-order valence-corrected chi connectivity index (χ0v) is 10.8. The molecule has 0 amide bonds. The number of benzene rings is 1. The molecule has 0 fully saturated rings. The maximum absolute atomic E-state index is 12.1. The topological polar surface area (TPSA) is 34.1 Å². The van der Waals surface area contributed by atoms with Crippen LogP contribution in [0.5, 0.6) is 0 Å². The predicted molar refractivity (Wildman–Crippen MR) is 69.3 cm³/mol. The zero-order valence-electron chi connectivity index (χ0n) is 9.94. The molecule has 1 atom stereocenters. The molecule has 2 rings (SSSR count). The van der Waals surface area contributed by atoms with E-state index in [4.69, 9.17) is 0 Å². The molecule has 1 aliphatic carbocycles. The minimum Gasteiger partial charge on any atom is -0.295 e. The van der Waals surface area contributed by atoms with Gasteiger partial charge in [0.1, 0.15) is 0 Å². The number of hydrogen-bond acceptors (Lipinski definition) is 2. The van der Waals surface area contributed by atoms with Crippen LogP contribution in [0, 0.1) is 0 Å². The molecular formula is C14H16O2S. The van der Waals surface area contributed by atoms with E-state index >= 15 is 0 Å². The van der Waals surface area contributed by atoms with E-state index in [9.17, 15) is 9.00 Å². The van der Waals surface area contributed by atoms with E-state index in [1.165, 1.54) is 0 Å². The van der Waals surface area contributed by atoms with Gasteiger partial charge in [-0.25, -0.2) is 0 Å². The normalized spacial score (nSPS) is 18.3. The fraction of sp³-hybridized carbons (Fsp3) is 0.357. The highest BCUT2D eigenvalue weighted by molar-refractivity contribution is 7.85. The molecule has 0 N–H and O–H groups in total. The van der Waals surface area contributed by atoms with Gasteiger partial charge in [0.2, 0.25) is 0 Å². The monoisotopic (exact) mass is 248 g/mol. The first-order valence-corrected chi connectivity index (χ1v) is 7.15. The van der Waals surface area contributed by atoms with E-state index in [1.807, 2.05) is 37.3 Å². The van der Waals surface area contributed by atoms with Gasteiger partial charge in [-0.05, 0) is 37.5 Å². The van der Waals surface area contributed by atoms with Gasteiger partial charge in [0.05, 0.1) is 10.8 Å². The first kappa shape index (κ1) is 12.2. The van der Waals surface area contributed by atoms with Crippen molar-refractivity contribution in [3.63, 3.8) is 0 Å². The molecule has 0 heterocycles. The Labute approximate surface area is 104 Å². The van der Waals surface area contributed by atoms with Crippen molar-refractivity contribution in [3.8, 4) is 0 Å². The quantitative estimate of drug-likeness (QED) is 0.824. The number of rotatable bonds is 3. The Hall–Kier alpha value is -1.22. The lowest BCUT2D eigenvalue weighted by Crippen LogP contribution is -2.13. The average molecular weight is 248 g/mol. The van der Waals surface area contributed by atoms with Crippen LogP contribution in [0.4, 0.5) is 0 Å². The molecule has 17 heavy (non-hydrogen) atoms. The summed E-state index contributed by atoms with van der Waals surface area (Å²) < 4.78 is 12.1. The second kappa shape index (κ2) is 5.41. The molecular weight excluding hydrogens is 232 g/mol. The lowest BCUT2D eigenvalue weighted by Gasteiger charge is -2.16. The molecule has 0 radical (unpaired) electrons. The Balaban J connectivity index is 2.14. The highest BCUT2D eigenvalue weighted by Gasteiger charge is 2.18. The van der Waals surface area contributed by atoms with E-state index in [-0.39, 0.29) is 5.78 Å². The standard InChI is InChI=1S/C14H16O2S/c1-11-12(6-5-9-14(11)15)10-17(16)13-7-3-2-4-8-13/h2-4,7-8H,5-6,9-10H2,1H3/t17-/m1/s1. The number of Topliss-reactive ketones (excluding diaryl/α,β-unsaturated/α-hetero) is 1. The van der Waals surface area contributed by atoms with E-state index in [0.717, 1.165) is 28.9 Å². The molecule has 0 saturated carbocycles. The van der Waals surface area contributed by atoms with Gasteiger partial charge in [-0.3, -0.25) is 9.00 Å². The van der Waals surface area contributed by atoms with Crippen molar-refractivity contribution in [2.45, 2.75) is 31.1 Å². The molecule has 1 aromatic rings. The van der Waals surface area contributed by atoms with Gasteiger partial charge in [0, 0.05) is 17.1 Å². The van der Waals surface area contributed by atoms with Gasteiger partial charge in [-0.1, -0.05) is 23.8 Å². The van der Waals surface area contributed by atoms with Crippen LogP contribution in [0.2, 0.25) is 0 Å². The van der Waals surface area contributed by atoms with Gasteiger partial charge in [-0.2, -0.15) is 0 Å². The second-order valence-corrected chi connectivity index (χ2v) is 5.76. The number of ketones is 1. The smallest absolute Gasteiger partial charge is 0.158 e. The fourth-order valence-electron chi connectivity index (χ4n) is 2.03. The summed E-state index contributed by atoms with van der Waals surface area (Å²) in [5.74, 6) is 0.720. The number of allylic oxidation sites excluding steroid dienone is 1. The van der Waals surface area contributed by atoms with E-state index < -0.39 is 10.8 Å². The Bertz CT molecular complexity index is 474. The van der Waals surface area contributed by atoms with E-state index in [0.29, 0.717) is 12.2 Å². The maximum atomic E-state index is 12.1. The van der Waals surface area contributed by atoms with Crippen LogP contribution in [0.1, 0.15) is 26.2 Å². The highest BCUT2D eigenvalue weighted by atomic mass is 32.2. The van der Waals surface area contributed by atoms with Gasteiger partial charge in [0.15, 0.2) is 5.78 Å². The fourth-order valence-corrected chi connectivity index (χ4v) is 3.33. The van der Waals surface area contributed by atoms with Crippen LogP contribution in [-0.4, -0.2) is 15.7 Å². The molecule has 2 nitrogen and oxygen atoms in total. The van der Waals surface area contributed by atoms with Crippen molar-refractivity contribution in [1.82, 2.24) is 0 Å². The van der Waals surface area contributed by atoms with Crippen LogP contribution >= 0.6 is 0 Å². The summed E-state index contributed by atoms with van der Waals surface area (Å²) in [5, 5.41) is 0. The third-order valence-electron chi connectivity index (χ3n) is 3.14. The van der Waals surface area contributed by atoms with Gasteiger partial charge in [0.25, 0.3) is 0 Å². The Kier molecular flexibility index (Phi) is 3.89. The number of carbonyl (C=O) groups excluding carboxylic acids is 1. The number of hydrogen-bond donors (Lipinski definition) is 0. The molecule has 1 aromatic carbocycles. The van der Waals surface area contributed by atoms with Crippen molar-refractivity contribution in [2.24, 2.45) is 0 Å². The summed E-state index contributed by atoms with van der Waals surface area (Å²) in [5.41, 5.74) is 1.91. The SMILES string of the molecule is CC1=C(C[S@@](=O)c2ccccc2)CCCC1=O. The average Bonchev–Trinajstić information content (AvgIpc) is 2.36. The molecule has 0 spiro atoms. The molecule has 90 valence electrons. The predicted octanol–water partition coefficient (Wildman–Crippen LogP) is 2.86. The first-order valence-electron chi connectivity index (χ1n) is 5.83. The third-order valence-corrected chi connectivity index (χ3v) is 4.55. The summed E-state index contributed by atoms with van der Waals surface area (Å²) in [7, 11) is -1.03. The van der Waals surface area contributed by atoms with Gasteiger partial charge < -0.3 is 0 Å². The van der Waals surface area contributed by atoms with Crippen LogP contribution in [-0.2, 0) is 15.6 Å². The summed E-state index contributed by atoms with van der Waals surface area (Å²) in [6.45, 7) is 1.86. The molecule has 0 bridgehead atoms. The van der Waals surface area contributed by atoms with Gasteiger partial charge in [-0.15, -0.1) is 0 Å². The third kappa shape index (κ3) is 2.91. The van der Waals surface area contributed by atoms with Crippen LogP contribution in [0.25, 0.3) is 0 Å². The van der Waals surface area contributed by atoms with Crippen molar-refractivity contribution >= 4 is 16.6 Å². The van der Waals surface area contributed by atoms with E-state index in [1.54, 1.807) is 0 Å². The van der Waals surface area contributed by atoms with Crippen LogP contribution in [0.15, 0.2) is 46.4 Å². The number of carbonyl (C=O) groups is 1. The maximum Gasteiger partial charge on any atom is 0.158 e. The minimum atomic E-state index is -1.03. The van der Waals surface area contributed by atoms with Crippen LogP contribution in [0.3, 0.4) is 0 Å². The second-order valence-electron chi connectivity index (χ2n) is 4.31. The highest BCUT2D eigenvalue weighted by Crippen LogP contribution is 2.23. The van der Waals surface area contributed by atoms with Crippen LogP contribution < -0.4 is 0 Å². The summed E-state index contributed by atoms with van der Waals surface area (Å²) >= 11 is 0. The lowest BCUT2D eigenvalue weighted by molar-refractivity contribution is -0.116. The summed E-state index contributed by atoms with van der Waals surface area (Å²) in [6, 6.07) is 9.43. The Morgan fingerprint density at radius 3 is 2.59 bits per heavy atom. The van der Waals surface area contributed by atoms with Crippen molar-refractivity contribution in [3.05, 3.63) is 41.5 Å². The van der Waals surface area contributed by atoms with Gasteiger partial charge >= 0.3 is 0 Å². The molecule has 0 aliphatic heterocycles. The molecule has 0 aromatic heterocycles. The molecule has 0 saturated heterocycles. The lowest BCUT2D eigenvalue weighted by atomic mass is 9.93. The molecule has 0 unspecified atom stereocenters. The minimum absolute atomic E-state index is 0.219. The summed E-state index contributed by atoms with van der Waals surface area (Å²) in [6.07, 6.45) is 2.46. The molecule has 3 heteroatoms. The van der Waals surface area contributed by atoms with Crippen molar-refractivity contribution in [2.75, 3.05) is 5.75 Å². The Morgan fingerprint density at radius 2 is 1.88 bits per heavy atom. The zero-order chi connectivity index (χ0) is 12.3. The summed E-state index contributed by atoms with van der Waals surface area (Å²) in [4.78, 5) is 12.4. The van der Waals surface area contributed by atoms with Crippen molar-refractivity contribution < 1.29 is 9.00 Å². The first-order chi connectivity index (χ1) is 8.18. The van der Waals surface area contributed by atoms with E-state index in [2.05, 4.69) is 0 Å². The Morgan fingerprint density at radius 1 is 1.18 bits per heavy atom. The largest absolute Gasteiger partial charge is 0.295 e. The van der Waals surface area contributed by atoms with Crippen molar-refractivity contribution in [1.29, 1.82) is 0 Å².